The Morgan fingerprint density at radius 2 is 2.07 bits per heavy atom. The molecule has 0 saturated carbocycles. The van der Waals surface area contributed by atoms with Crippen molar-refractivity contribution in [3.8, 4) is 5.75 Å². The third kappa shape index (κ3) is 2.76. The molecule has 0 atom stereocenters. The second-order valence-electron chi connectivity index (χ2n) is 2.69. The minimum Gasteiger partial charge on any atom is -0.494 e. The average molecular weight is 249 g/mol. The van der Waals surface area contributed by atoms with Crippen LogP contribution in [0.3, 0.4) is 0 Å². The number of hydrogen-bond donors (Lipinski definition) is 0. The van der Waals surface area contributed by atoms with Gasteiger partial charge in [-0.2, -0.15) is 0 Å². The molecule has 1 aromatic carbocycles. The van der Waals surface area contributed by atoms with E-state index in [1.165, 1.54) is 19.2 Å². The van der Waals surface area contributed by atoms with Crippen LogP contribution < -0.4 is 4.74 Å². The summed E-state index contributed by atoms with van der Waals surface area (Å²) in [5, 5.41) is 0.650. The number of methoxy groups -OCH3 is 1. The number of rotatable bonds is 3. The lowest BCUT2D eigenvalue weighted by Crippen LogP contribution is -2.07. The fraction of sp³-hybridized carbons (Fsp3) is 0.300. The quantitative estimate of drug-likeness (QED) is 0.771. The Labute approximate surface area is 97.9 Å². The summed E-state index contributed by atoms with van der Waals surface area (Å²) in [6.45, 7) is 2.00. The maximum Gasteiger partial charge on any atom is 0.342 e. The first-order valence-electron chi connectivity index (χ1n) is 4.30. The van der Waals surface area contributed by atoms with E-state index in [-0.39, 0.29) is 22.9 Å². The summed E-state index contributed by atoms with van der Waals surface area (Å²) in [6, 6.07) is 2.97. The molecular weight excluding hydrogens is 239 g/mol. The van der Waals surface area contributed by atoms with E-state index in [0.717, 1.165) is 0 Å². The fourth-order valence-electron chi connectivity index (χ4n) is 1.13. The van der Waals surface area contributed by atoms with Crippen LogP contribution in [0.4, 0.5) is 0 Å². The lowest BCUT2D eigenvalue weighted by molar-refractivity contribution is 0.0522. The first kappa shape index (κ1) is 12.1. The van der Waals surface area contributed by atoms with Gasteiger partial charge in [-0.25, -0.2) is 4.79 Å². The maximum absolute atomic E-state index is 11.5. The molecule has 1 aromatic rings. The van der Waals surface area contributed by atoms with Gasteiger partial charge in [0.15, 0.2) is 5.75 Å². The van der Waals surface area contributed by atoms with Gasteiger partial charge < -0.3 is 9.47 Å². The predicted molar refractivity (Wildman–Crippen MR) is 59.0 cm³/mol. The van der Waals surface area contributed by atoms with Crippen molar-refractivity contribution in [1.29, 1.82) is 0 Å². The number of halogens is 2. The fourth-order valence-corrected chi connectivity index (χ4v) is 1.70. The van der Waals surface area contributed by atoms with Crippen LogP contribution in [-0.2, 0) is 4.74 Å². The summed E-state index contributed by atoms with van der Waals surface area (Å²) < 4.78 is 9.85. The van der Waals surface area contributed by atoms with Gasteiger partial charge in [-0.05, 0) is 19.1 Å². The van der Waals surface area contributed by atoms with Gasteiger partial charge in [-0.3, -0.25) is 0 Å². The molecule has 1 rings (SSSR count). The van der Waals surface area contributed by atoms with Crippen molar-refractivity contribution in [2.45, 2.75) is 6.92 Å². The number of ether oxygens (including phenoxy) is 2. The van der Waals surface area contributed by atoms with E-state index in [1.54, 1.807) is 6.92 Å². The molecule has 0 aliphatic rings. The highest BCUT2D eigenvalue weighted by atomic mass is 35.5. The largest absolute Gasteiger partial charge is 0.494 e. The molecule has 0 aliphatic carbocycles. The van der Waals surface area contributed by atoms with Gasteiger partial charge in [0.05, 0.1) is 18.7 Å². The molecule has 5 heteroatoms. The number of carbonyl (C=O) groups is 1. The van der Waals surface area contributed by atoms with Crippen LogP contribution in [0.25, 0.3) is 0 Å². The smallest absolute Gasteiger partial charge is 0.342 e. The number of hydrogen-bond acceptors (Lipinski definition) is 3. The third-order valence-electron chi connectivity index (χ3n) is 1.71. The molecule has 0 radical (unpaired) electrons. The van der Waals surface area contributed by atoms with Crippen molar-refractivity contribution in [2.75, 3.05) is 13.7 Å². The molecule has 0 amide bonds. The Hall–Kier alpha value is -0.930. The van der Waals surface area contributed by atoms with Crippen molar-refractivity contribution in [3.63, 3.8) is 0 Å². The minimum absolute atomic E-state index is 0.233. The second kappa shape index (κ2) is 5.24. The molecule has 15 heavy (non-hydrogen) atoms. The molecule has 0 aromatic heterocycles. The molecular formula is C10H10Cl2O3. The Bertz CT molecular complexity index is 377. The van der Waals surface area contributed by atoms with Crippen LogP contribution in [0.2, 0.25) is 10.0 Å². The normalized spacial score (nSPS) is 9.87. The van der Waals surface area contributed by atoms with E-state index in [1.807, 2.05) is 0 Å². The van der Waals surface area contributed by atoms with E-state index in [0.29, 0.717) is 5.02 Å². The Kier molecular flexibility index (Phi) is 4.24. The van der Waals surface area contributed by atoms with Crippen molar-refractivity contribution in [3.05, 3.63) is 27.7 Å². The van der Waals surface area contributed by atoms with Gasteiger partial charge in [0.2, 0.25) is 0 Å². The van der Waals surface area contributed by atoms with Gasteiger partial charge in [-0.15, -0.1) is 0 Å². The Morgan fingerprint density at radius 3 is 2.60 bits per heavy atom. The first-order valence-corrected chi connectivity index (χ1v) is 5.05. The lowest BCUT2D eigenvalue weighted by atomic mass is 10.2. The van der Waals surface area contributed by atoms with Crippen LogP contribution >= 0.6 is 23.2 Å². The molecule has 0 N–H and O–H groups in total. The van der Waals surface area contributed by atoms with Gasteiger partial charge in [0.1, 0.15) is 5.56 Å². The number of esters is 1. The minimum atomic E-state index is -0.501. The third-order valence-corrected chi connectivity index (χ3v) is 2.21. The average Bonchev–Trinajstić information content (AvgIpc) is 2.17. The molecule has 0 unspecified atom stereocenters. The van der Waals surface area contributed by atoms with E-state index in [9.17, 15) is 4.79 Å². The van der Waals surface area contributed by atoms with E-state index in [2.05, 4.69) is 0 Å². The summed E-state index contributed by atoms with van der Waals surface area (Å²) >= 11 is 11.6. The van der Waals surface area contributed by atoms with Gasteiger partial charge >= 0.3 is 5.97 Å². The molecule has 0 fully saturated rings. The molecule has 82 valence electrons. The van der Waals surface area contributed by atoms with Gasteiger partial charge in [-0.1, -0.05) is 23.2 Å². The zero-order chi connectivity index (χ0) is 11.4. The van der Waals surface area contributed by atoms with Crippen molar-refractivity contribution < 1.29 is 14.3 Å². The van der Waals surface area contributed by atoms with Crippen LogP contribution in [0, 0.1) is 0 Å². The monoisotopic (exact) mass is 248 g/mol. The second-order valence-corrected chi connectivity index (χ2v) is 3.53. The van der Waals surface area contributed by atoms with Crippen LogP contribution in [-0.4, -0.2) is 19.7 Å². The van der Waals surface area contributed by atoms with E-state index in [4.69, 9.17) is 32.7 Å². The predicted octanol–water partition coefficient (Wildman–Crippen LogP) is 3.18. The summed E-state index contributed by atoms with van der Waals surface area (Å²) in [6.07, 6.45) is 0. The maximum atomic E-state index is 11.5. The molecule has 0 spiro atoms. The first-order chi connectivity index (χ1) is 7.10. The van der Waals surface area contributed by atoms with Crippen molar-refractivity contribution in [2.24, 2.45) is 0 Å². The van der Waals surface area contributed by atoms with Crippen molar-refractivity contribution in [1.82, 2.24) is 0 Å². The highest BCUT2D eigenvalue weighted by Gasteiger charge is 2.17. The Morgan fingerprint density at radius 1 is 1.40 bits per heavy atom. The zero-order valence-electron chi connectivity index (χ0n) is 8.34. The summed E-state index contributed by atoms with van der Waals surface area (Å²) in [5.74, 6) is -0.224. The zero-order valence-corrected chi connectivity index (χ0v) is 9.85. The van der Waals surface area contributed by atoms with Crippen molar-refractivity contribution >= 4 is 29.2 Å². The molecule has 0 heterocycles. The van der Waals surface area contributed by atoms with Gasteiger partial charge in [0.25, 0.3) is 0 Å². The Balaban J connectivity index is 3.20. The van der Waals surface area contributed by atoms with Gasteiger partial charge in [0, 0.05) is 5.02 Å². The summed E-state index contributed by atoms with van der Waals surface area (Å²) in [4.78, 5) is 11.5. The molecule has 0 bridgehead atoms. The van der Waals surface area contributed by atoms with E-state index >= 15 is 0 Å². The summed E-state index contributed by atoms with van der Waals surface area (Å²) in [5.41, 5.74) is 0.233. The van der Waals surface area contributed by atoms with E-state index < -0.39 is 5.97 Å². The number of benzene rings is 1. The highest BCUT2D eigenvalue weighted by Crippen LogP contribution is 2.32. The van der Waals surface area contributed by atoms with Crippen LogP contribution in [0.5, 0.6) is 5.75 Å². The van der Waals surface area contributed by atoms with Crippen LogP contribution in [0.15, 0.2) is 12.1 Å². The standard InChI is InChI=1S/C10H10Cl2O3/c1-3-15-10(13)7-4-6(11)5-8(12)9(7)14-2/h4-5H,3H2,1-2H3. The lowest BCUT2D eigenvalue weighted by Gasteiger charge is -2.09. The summed E-state index contributed by atoms with van der Waals surface area (Å²) in [7, 11) is 1.43. The SMILES string of the molecule is CCOC(=O)c1cc(Cl)cc(Cl)c1OC. The topological polar surface area (TPSA) is 35.5 Å². The highest BCUT2D eigenvalue weighted by molar-refractivity contribution is 6.36. The molecule has 0 saturated heterocycles. The van der Waals surface area contributed by atoms with Crippen LogP contribution in [0.1, 0.15) is 17.3 Å². The number of carbonyl (C=O) groups excluding carboxylic acids is 1. The molecule has 3 nitrogen and oxygen atoms in total. The molecule has 0 aliphatic heterocycles.